The number of thiazole rings is 1. The highest BCUT2D eigenvalue weighted by atomic mass is 79.9. The van der Waals surface area contributed by atoms with Crippen molar-refractivity contribution >= 4 is 38.1 Å². The number of benzene rings is 1. The third-order valence-corrected chi connectivity index (χ3v) is 3.28. The first kappa shape index (κ1) is 11.0. The first-order valence-corrected chi connectivity index (χ1v) is 5.94. The lowest BCUT2D eigenvalue weighted by Gasteiger charge is -2.03. The number of nitrogens with zero attached hydrogens (tertiary/aromatic N) is 2. The predicted octanol–water partition coefficient (Wildman–Crippen LogP) is 3.66. The maximum atomic E-state index is 13.5. The van der Waals surface area contributed by atoms with Crippen molar-refractivity contribution in [2.45, 2.75) is 0 Å². The highest BCUT2D eigenvalue weighted by Gasteiger charge is 2.05. The monoisotopic (exact) mass is 297 g/mol. The predicted molar refractivity (Wildman–Crippen MR) is 64.2 cm³/mol. The molecule has 6 heteroatoms. The summed E-state index contributed by atoms with van der Waals surface area (Å²) in [4.78, 5) is 4.08. The largest absolute Gasteiger partial charge is 0.329 e. The van der Waals surface area contributed by atoms with E-state index in [1.165, 1.54) is 23.5 Å². The summed E-state index contributed by atoms with van der Waals surface area (Å²) in [6.45, 7) is 0. The number of aromatic nitrogens is 1. The fraction of sp³-hybridized carbons (Fsp3) is 0. The standard InChI is InChI=1S/C10H5BrFN3S/c11-9-5-16-10(15-9)14-8-2-1-6(4-13)3-7(8)12/h1-3,5H,(H,14,15). The Kier molecular flexibility index (Phi) is 3.17. The van der Waals surface area contributed by atoms with Gasteiger partial charge in [0, 0.05) is 5.38 Å². The fourth-order valence-electron chi connectivity index (χ4n) is 1.11. The summed E-state index contributed by atoms with van der Waals surface area (Å²) < 4.78 is 14.2. The van der Waals surface area contributed by atoms with Crippen LogP contribution in [0.2, 0.25) is 0 Å². The van der Waals surface area contributed by atoms with E-state index in [-0.39, 0.29) is 0 Å². The zero-order valence-electron chi connectivity index (χ0n) is 7.87. The molecule has 1 aromatic carbocycles. The van der Waals surface area contributed by atoms with Crippen LogP contribution >= 0.6 is 27.3 Å². The Bertz CT molecular complexity index is 561. The molecule has 0 unspecified atom stereocenters. The Morgan fingerprint density at radius 2 is 2.31 bits per heavy atom. The van der Waals surface area contributed by atoms with Crippen LogP contribution in [0, 0.1) is 17.1 Å². The molecule has 0 amide bonds. The number of hydrogen-bond donors (Lipinski definition) is 1. The molecule has 2 aromatic rings. The molecule has 0 bridgehead atoms. The van der Waals surface area contributed by atoms with Crippen molar-refractivity contribution in [2.24, 2.45) is 0 Å². The van der Waals surface area contributed by atoms with Gasteiger partial charge >= 0.3 is 0 Å². The van der Waals surface area contributed by atoms with Crippen LogP contribution in [0.5, 0.6) is 0 Å². The van der Waals surface area contributed by atoms with Crippen LogP contribution in [-0.2, 0) is 0 Å². The molecule has 1 heterocycles. The van der Waals surface area contributed by atoms with Gasteiger partial charge in [-0.2, -0.15) is 5.26 Å². The van der Waals surface area contributed by atoms with Gasteiger partial charge in [-0.05, 0) is 34.1 Å². The molecule has 0 fully saturated rings. The Morgan fingerprint density at radius 3 is 2.88 bits per heavy atom. The molecule has 0 saturated carbocycles. The number of halogens is 2. The second-order valence-corrected chi connectivity index (χ2v) is 4.58. The smallest absolute Gasteiger partial charge is 0.188 e. The molecule has 0 saturated heterocycles. The van der Waals surface area contributed by atoms with Crippen LogP contribution < -0.4 is 5.32 Å². The molecule has 2 rings (SSSR count). The van der Waals surface area contributed by atoms with Gasteiger partial charge in [-0.25, -0.2) is 9.37 Å². The molecule has 0 aliphatic carbocycles. The Balaban J connectivity index is 2.26. The lowest BCUT2D eigenvalue weighted by molar-refractivity contribution is 0.631. The summed E-state index contributed by atoms with van der Waals surface area (Å²) in [7, 11) is 0. The van der Waals surface area contributed by atoms with E-state index in [4.69, 9.17) is 5.26 Å². The van der Waals surface area contributed by atoms with Gasteiger partial charge in [0.1, 0.15) is 10.4 Å². The average molecular weight is 298 g/mol. The summed E-state index contributed by atoms with van der Waals surface area (Å²) in [5.41, 5.74) is 0.601. The van der Waals surface area contributed by atoms with E-state index >= 15 is 0 Å². The van der Waals surface area contributed by atoms with Crippen LogP contribution in [0.3, 0.4) is 0 Å². The van der Waals surface area contributed by atoms with Crippen molar-refractivity contribution in [1.29, 1.82) is 5.26 Å². The lowest BCUT2D eigenvalue weighted by atomic mass is 10.2. The molecule has 80 valence electrons. The summed E-state index contributed by atoms with van der Waals surface area (Å²) in [5, 5.41) is 13.8. The minimum Gasteiger partial charge on any atom is -0.329 e. The molecular weight excluding hydrogens is 293 g/mol. The Morgan fingerprint density at radius 1 is 1.50 bits per heavy atom. The fourth-order valence-corrected chi connectivity index (χ4v) is 2.27. The Hall–Kier alpha value is -1.45. The molecule has 16 heavy (non-hydrogen) atoms. The maximum absolute atomic E-state index is 13.5. The summed E-state index contributed by atoms with van der Waals surface area (Å²) in [5.74, 6) is -0.467. The Labute approximate surface area is 104 Å². The molecule has 0 spiro atoms. The number of nitrogens with one attached hydrogen (secondary N) is 1. The van der Waals surface area contributed by atoms with E-state index in [0.29, 0.717) is 21.0 Å². The van der Waals surface area contributed by atoms with Gasteiger partial charge in [-0.3, -0.25) is 0 Å². The molecule has 3 nitrogen and oxygen atoms in total. The van der Waals surface area contributed by atoms with E-state index in [1.54, 1.807) is 11.4 Å². The topological polar surface area (TPSA) is 48.7 Å². The van der Waals surface area contributed by atoms with E-state index < -0.39 is 5.82 Å². The first-order valence-electron chi connectivity index (χ1n) is 4.27. The van der Waals surface area contributed by atoms with Crippen LogP contribution in [-0.4, -0.2) is 4.98 Å². The molecular formula is C10H5BrFN3S. The van der Waals surface area contributed by atoms with Gasteiger partial charge in [-0.15, -0.1) is 11.3 Å². The lowest BCUT2D eigenvalue weighted by Crippen LogP contribution is -1.93. The molecule has 0 radical (unpaired) electrons. The van der Waals surface area contributed by atoms with Crippen molar-refractivity contribution < 1.29 is 4.39 Å². The SMILES string of the molecule is N#Cc1ccc(Nc2nc(Br)cs2)c(F)c1. The summed E-state index contributed by atoms with van der Waals surface area (Å²) in [6.07, 6.45) is 0. The number of nitriles is 1. The molecule has 1 aromatic heterocycles. The minimum atomic E-state index is -0.467. The van der Waals surface area contributed by atoms with Gasteiger partial charge in [0.25, 0.3) is 0 Å². The van der Waals surface area contributed by atoms with Crippen molar-refractivity contribution in [3.63, 3.8) is 0 Å². The van der Waals surface area contributed by atoms with E-state index in [2.05, 4.69) is 26.2 Å². The second-order valence-electron chi connectivity index (χ2n) is 2.91. The zero-order valence-corrected chi connectivity index (χ0v) is 10.3. The van der Waals surface area contributed by atoms with Gasteiger partial charge in [-0.1, -0.05) is 0 Å². The highest BCUT2D eigenvalue weighted by Crippen LogP contribution is 2.25. The number of rotatable bonds is 2. The van der Waals surface area contributed by atoms with Gasteiger partial charge in [0.2, 0.25) is 0 Å². The van der Waals surface area contributed by atoms with Gasteiger partial charge < -0.3 is 5.32 Å². The third-order valence-electron chi connectivity index (χ3n) is 1.82. The van der Waals surface area contributed by atoms with Crippen LogP contribution in [0.15, 0.2) is 28.2 Å². The van der Waals surface area contributed by atoms with E-state index in [9.17, 15) is 4.39 Å². The van der Waals surface area contributed by atoms with Crippen LogP contribution in [0.25, 0.3) is 0 Å². The highest BCUT2D eigenvalue weighted by molar-refractivity contribution is 9.10. The summed E-state index contributed by atoms with van der Waals surface area (Å²) in [6, 6.07) is 6.13. The number of hydrogen-bond acceptors (Lipinski definition) is 4. The van der Waals surface area contributed by atoms with Crippen LogP contribution in [0.1, 0.15) is 5.56 Å². The first-order chi connectivity index (χ1) is 7.69. The van der Waals surface area contributed by atoms with Crippen molar-refractivity contribution in [2.75, 3.05) is 5.32 Å². The summed E-state index contributed by atoms with van der Waals surface area (Å²) >= 11 is 4.57. The molecule has 0 aliphatic heterocycles. The van der Waals surface area contributed by atoms with Crippen LogP contribution in [0.4, 0.5) is 15.2 Å². The number of anilines is 2. The van der Waals surface area contributed by atoms with Crippen molar-refractivity contribution in [3.8, 4) is 6.07 Å². The van der Waals surface area contributed by atoms with Crippen molar-refractivity contribution in [1.82, 2.24) is 4.98 Å². The van der Waals surface area contributed by atoms with Gasteiger partial charge in [0.05, 0.1) is 17.3 Å². The average Bonchev–Trinajstić information content (AvgIpc) is 2.67. The van der Waals surface area contributed by atoms with Gasteiger partial charge in [0.15, 0.2) is 5.13 Å². The van der Waals surface area contributed by atoms with Crippen molar-refractivity contribution in [3.05, 3.63) is 39.6 Å². The quantitative estimate of drug-likeness (QED) is 0.920. The molecule has 0 aliphatic rings. The van der Waals surface area contributed by atoms with E-state index in [1.807, 2.05) is 6.07 Å². The second kappa shape index (κ2) is 4.60. The zero-order chi connectivity index (χ0) is 11.5. The maximum Gasteiger partial charge on any atom is 0.188 e. The minimum absolute atomic E-state index is 0.295. The third kappa shape index (κ3) is 2.38. The normalized spacial score (nSPS) is 9.81. The molecule has 1 N–H and O–H groups in total. The molecule has 0 atom stereocenters. The van der Waals surface area contributed by atoms with E-state index in [0.717, 1.165) is 0 Å².